The molecule has 0 aliphatic rings. The number of unbranched alkanes of at least 4 members (excludes halogenated alkanes) is 1. The second kappa shape index (κ2) is 19.9. The molecule has 0 amide bonds. The Labute approximate surface area is 194 Å². The van der Waals surface area contributed by atoms with E-state index in [-0.39, 0.29) is 6.61 Å². The highest BCUT2D eigenvalue weighted by Gasteiger charge is 2.06. The van der Waals surface area contributed by atoms with Crippen LogP contribution in [-0.4, -0.2) is 32.6 Å². The van der Waals surface area contributed by atoms with Crippen LogP contribution in [0.3, 0.4) is 0 Å². The van der Waals surface area contributed by atoms with Gasteiger partial charge in [0.25, 0.3) is 0 Å². The minimum Gasteiger partial charge on any atom is -0.490 e. The van der Waals surface area contributed by atoms with E-state index in [0.717, 1.165) is 48.6 Å². The molecule has 0 aromatic heterocycles. The summed E-state index contributed by atoms with van der Waals surface area (Å²) < 4.78 is 10.8. The van der Waals surface area contributed by atoms with Crippen molar-refractivity contribution in [1.29, 1.82) is 0 Å². The zero-order valence-electron chi connectivity index (χ0n) is 19.8. The van der Waals surface area contributed by atoms with Crippen LogP contribution in [0.15, 0.2) is 48.5 Å². The van der Waals surface area contributed by atoms with Crippen molar-refractivity contribution in [3.05, 3.63) is 59.1 Å². The summed E-state index contributed by atoms with van der Waals surface area (Å²) in [6, 6.07) is 15.1. The number of aryl methyl sites for hydroxylation is 1. The molecule has 1 unspecified atom stereocenters. The molecule has 0 aliphatic carbocycles. The lowest BCUT2D eigenvalue weighted by Crippen LogP contribution is -2.14. The number of hydrogen-bond acceptors (Lipinski definition) is 4. The van der Waals surface area contributed by atoms with Gasteiger partial charge in [-0.05, 0) is 76.2 Å². The van der Waals surface area contributed by atoms with Gasteiger partial charge >= 0.3 is 0 Å². The van der Waals surface area contributed by atoms with Crippen LogP contribution in [0.1, 0.15) is 58.4 Å². The number of hydrogen-bond donors (Lipinski definition) is 1. The Morgan fingerprint density at radius 3 is 2.03 bits per heavy atom. The van der Waals surface area contributed by atoms with E-state index >= 15 is 0 Å². The largest absolute Gasteiger partial charge is 0.490 e. The lowest BCUT2D eigenvalue weighted by atomic mass is 10.1. The molecular weight excluding hydrogens is 410 g/mol. The van der Waals surface area contributed by atoms with Crippen LogP contribution in [-0.2, 0) is 4.79 Å². The van der Waals surface area contributed by atoms with E-state index in [4.69, 9.17) is 21.1 Å². The van der Waals surface area contributed by atoms with Crippen LogP contribution in [0, 0.1) is 6.92 Å². The van der Waals surface area contributed by atoms with Crippen LogP contribution in [0.4, 0.5) is 0 Å². The molecule has 2 aromatic carbocycles. The molecule has 4 nitrogen and oxygen atoms in total. The standard InChI is InChI=1S/C12H17ClO.C9H10O2.C5H13N/c1-3-5-11(4-2)14-12-8-6-10(13)7-9-12;1-8-2-4-9(5-3-8)11-7-6-10;1-3-4-5-6-2/h6-9,11H,3-5H2,1-2H3;2-6H,7H2,1H3;6H,3-5H2,1-2H3. The highest BCUT2D eigenvalue weighted by atomic mass is 35.5. The second-order valence-electron chi connectivity index (χ2n) is 7.14. The van der Waals surface area contributed by atoms with Gasteiger partial charge < -0.3 is 14.8 Å². The molecule has 0 aliphatic heterocycles. The van der Waals surface area contributed by atoms with E-state index in [2.05, 4.69) is 26.1 Å². The van der Waals surface area contributed by atoms with Gasteiger partial charge in [-0.3, -0.25) is 4.79 Å². The minimum atomic E-state index is 0.128. The smallest absolute Gasteiger partial charge is 0.157 e. The van der Waals surface area contributed by atoms with E-state index in [9.17, 15) is 4.79 Å². The van der Waals surface area contributed by atoms with Gasteiger partial charge in [0.05, 0.1) is 6.10 Å². The third-order valence-electron chi connectivity index (χ3n) is 4.30. The maximum Gasteiger partial charge on any atom is 0.157 e. The first-order valence-electron chi connectivity index (χ1n) is 11.2. The van der Waals surface area contributed by atoms with Gasteiger partial charge in [-0.1, -0.05) is 62.9 Å². The Hall–Kier alpha value is -2.04. The first-order chi connectivity index (χ1) is 15.0. The molecule has 0 bridgehead atoms. The van der Waals surface area contributed by atoms with Crippen LogP contribution >= 0.6 is 11.6 Å². The van der Waals surface area contributed by atoms with Crippen molar-refractivity contribution in [2.24, 2.45) is 0 Å². The fourth-order valence-corrected chi connectivity index (χ4v) is 2.62. The SMILES string of the molecule is CCCC(CC)Oc1ccc(Cl)cc1.CCCCNC.Cc1ccc(OCC=O)cc1. The summed E-state index contributed by atoms with van der Waals surface area (Å²) in [6.07, 6.45) is 6.99. The van der Waals surface area contributed by atoms with Crippen molar-refractivity contribution in [2.45, 2.75) is 65.9 Å². The molecule has 174 valence electrons. The molecule has 1 N–H and O–H groups in total. The van der Waals surface area contributed by atoms with E-state index in [1.54, 1.807) is 0 Å². The zero-order chi connectivity index (χ0) is 23.3. The van der Waals surface area contributed by atoms with Crippen molar-refractivity contribution in [1.82, 2.24) is 5.32 Å². The summed E-state index contributed by atoms with van der Waals surface area (Å²) in [6.45, 7) is 9.81. The Morgan fingerprint density at radius 1 is 0.968 bits per heavy atom. The van der Waals surface area contributed by atoms with Crippen molar-refractivity contribution in [3.8, 4) is 11.5 Å². The van der Waals surface area contributed by atoms with Crippen LogP contribution in [0.2, 0.25) is 5.02 Å². The van der Waals surface area contributed by atoms with Crippen molar-refractivity contribution < 1.29 is 14.3 Å². The lowest BCUT2D eigenvalue weighted by Gasteiger charge is -2.16. The summed E-state index contributed by atoms with van der Waals surface area (Å²) in [7, 11) is 1.98. The number of rotatable bonds is 11. The highest BCUT2D eigenvalue weighted by molar-refractivity contribution is 6.30. The Kier molecular flexibility index (Phi) is 18.6. The number of aldehydes is 1. The van der Waals surface area contributed by atoms with E-state index in [0.29, 0.717) is 6.10 Å². The zero-order valence-corrected chi connectivity index (χ0v) is 20.6. The quantitative estimate of drug-likeness (QED) is 0.300. The van der Waals surface area contributed by atoms with Gasteiger partial charge in [0.15, 0.2) is 6.29 Å². The van der Waals surface area contributed by atoms with Gasteiger partial charge in [0.2, 0.25) is 0 Å². The first kappa shape index (κ1) is 29.0. The molecule has 1 atom stereocenters. The molecule has 0 heterocycles. The van der Waals surface area contributed by atoms with E-state index < -0.39 is 0 Å². The lowest BCUT2D eigenvalue weighted by molar-refractivity contribution is -0.109. The Morgan fingerprint density at radius 2 is 1.58 bits per heavy atom. The summed E-state index contributed by atoms with van der Waals surface area (Å²) >= 11 is 5.79. The third-order valence-corrected chi connectivity index (χ3v) is 4.55. The molecule has 0 spiro atoms. The van der Waals surface area contributed by atoms with E-state index in [1.807, 2.05) is 62.5 Å². The summed E-state index contributed by atoms with van der Waals surface area (Å²) in [5.41, 5.74) is 1.18. The van der Waals surface area contributed by atoms with Crippen molar-refractivity contribution in [2.75, 3.05) is 20.2 Å². The first-order valence-corrected chi connectivity index (χ1v) is 11.6. The second-order valence-corrected chi connectivity index (χ2v) is 7.57. The maximum atomic E-state index is 9.92. The predicted octanol–water partition coefficient (Wildman–Crippen LogP) is 6.88. The number of halogens is 1. The normalized spacial score (nSPS) is 10.6. The van der Waals surface area contributed by atoms with Crippen LogP contribution in [0.5, 0.6) is 11.5 Å². The number of carbonyl (C=O) groups excluding carboxylic acids is 1. The predicted molar refractivity (Wildman–Crippen MR) is 133 cm³/mol. The van der Waals surface area contributed by atoms with Gasteiger partial charge in [-0.25, -0.2) is 0 Å². The monoisotopic (exact) mass is 449 g/mol. The van der Waals surface area contributed by atoms with Gasteiger partial charge in [0.1, 0.15) is 18.1 Å². The molecule has 0 saturated heterocycles. The molecule has 5 heteroatoms. The molecule has 2 aromatic rings. The molecule has 31 heavy (non-hydrogen) atoms. The number of ether oxygens (including phenoxy) is 2. The molecular formula is C26H40ClNO3. The number of nitrogens with one attached hydrogen (secondary N) is 1. The van der Waals surface area contributed by atoms with Gasteiger partial charge in [-0.15, -0.1) is 0 Å². The van der Waals surface area contributed by atoms with Crippen LogP contribution < -0.4 is 14.8 Å². The molecule has 0 fully saturated rings. The fourth-order valence-electron chi connectivity index (χ4n) is 2.49. The van der Waals surface area contributed by atoms with E-state index in [1.165, 1.54) is 18.4 Å². The summed E-state index contributed by atoms with van der Waals surface area (Å²) in [5.74, 6) is 1.65. The molecule has 0 saturated carbocycles. The third kappa shape index (κ3) is 16.3. The number of carbonyl (C=O) groups is 1. The highest BCUT2D eigenvalue weighted by Crippen LogP contribution is 2.19. The van der Waals surface area contributed by atoms with Gasteiger partial charge in [-0.2, -0.15) is 0 Å². The van der Waals surface area contributed by atoms with Crippen molar-refractivity contribution >= 4 is 17.9 Å². The van der Waals surface area contributed by atoms with Gasteiger partial charge in [0, 0.05) is 5.02 Å². The number of benzene rings is 2. The summed E-state index contributed by atoms with van der Waals surface area (Å²) in [4.78, 5) is 9.92. The Bertz CT molecular complexity index is 655. The van der Waals surface area contributed by atoms with Crippen molar-refractivity contribution in [3.63, 3.8) is 0 Å². The Balaban J connectivity index is 0.000000472. The average Bonchev–Trinajstić information content (AvgIpc) is 2.79. The maximum absolute atomic E-state index is 9.92. The molecule has 2 rings (SSSR count). The average molecular weight is 450 g/mol. The minimum absolute atomic E-state index is 0.128. The summed E-state index contributed by atoms with van der Waals surface area (Å²) in [5, 5.41) is 3.82. The topological polar surface area (TPSA) is 47.6 Å². The molecule has 0 radical (unpaired) electrons. The fraction of sp³-hybridized carbons (Fsp3) is 0.500. The van der Waals surface area contributed by atoms with Crippen LogP contribution in [0.25, 0.3) is 0 Å².